The zero-order valence-electron chi connectivity index (χ0n) is 11.6. The predicted octanol–water partition coefficient (Wildman–Crippen LogP) is 1.05. The van der Waals surface area contributed by atoms with Crippen LogP contribution in [0.25, 0.3) is 0 Å². The SMILES string of the molecule is C=C(C1CCC(N2CCNC(=O)C2)CC1)N(C)C. The van der Waals surface area contributed by atoms with Gasteiger partial charge in [0.25, 0.3) is 0 Å². The van der Waals surface area contributed by atoms with E-state index in [1.54, 1.807) is 0 Å². The molecule has 4 heteroatoms. The van der Waals surface area contributed by atoms with Gasteiger partial charge in [-0.1, -0.05) is 6.58 Å². The Bertz CT molecular complexity index is 319. The number of allylic oxidation sites excluding steroid dienone is 1. The molecule has 0 atom stereocenters. The van der Waals surface area contributed by atoms with Crippen LogP contribution in [0.5, 0.6) is 0 Å². The summed E-state index contributed by atoms with van der Waals surface area (Å²) in [6, 6.07) is 0.599. The molecule has 1 saturated heterocycles. The molecule has 18 heavy (non-hydrogen) atoms. The molecule has 1 amide bonds. The van der Waals surface area contributed by atoms with Gasteiger partial charge in [0.1, 0.15) is 0 Å². The highest BCUT2D eigenvalue weighted by molar-refractivity contribution is 5.78. The number of piperazine rings is 1. The maximum atomic E-state index is 11.4. The second-order valence-electron chi connectivity index (χ2n) is 5.71. The van der Waals surface area contributed by atoms with Crippen molar-refractivity contribution in [1.82, 2.24) is 15.1 Å². The Balaban J connectivity index is 1.83. The van der Waals surface area contributed by atoms with Gasteiger partial charge >= 0.3 is 0 Å². The van der Waals surface area contributed by atoms with E-state index in [1.807, 2.05) is 0 Å². The Labute approximate surface area is 110 Å². The van der Waals surface area contributed by atoms with Crippen LogP contribution < -0.4 is 5.32 Å². The molecule has 0 aromatic rings. The van der Waals surface area contributed by atoms with Gasteiger partial charge in [0.05, 0.1) is 6.54 Å². The van der Waals surface area contributed by atoms with Crippen molar-refractivity contribution in [3.63, 3.8) is 0 Å². The lowest BCUT2D eigenvalue weighted by molar-refractivity contribution is -0.125. The van der Waals surface area contributed by atoms with Crippen molar-refractivity contribution in [2.24, 2.45) is 5.92 Å². The average Bonchev–Trinajstić information content (AvgIpc) is 2.38. The van der Waals surface area contributed by atoms with Crippen molar-refractivity contribution in [1.29, 1.82) is 0 Å². The van der Waals surface area contributed by atoms with Crippen LogP contribution in [0.3, 0.4) is 0 Å². The van der Waals surface area contributed by atoms with Crippen molar-refractivity contribution in [2.75, 3.05) is 33.7 Å². The Morgan fingerprint density at radius 2 is 2.00 bits per heavy atom. The van der Waals surface area contributed by atoms with Crippen LogP contribution in [-0.2, 0) is 4.79 Å². The maximum Gasteiger partial charge on any atom is 0.234 e. The lowest BCUT2D eigenvalue weighted by atomic mass is 9.83. The molecule has 1 heterocycles. The Hall–Kier alpha value is -1.03. The van der Waals surface area contributed by atoms with E-state index in [1.165, 1.54) is 31.4 Å². The van der Waals surface area contributed by atoms with Gasteiger partial charge in [-0.05, 0) is 31.6 Å². The van der Waals surface area contributed by atoms with Crippen molar-refractivity contribution < 1.29 is 4.79 Å². The third-order valence-electron chi connectivity index (χ3n) is 4.33. The molecule has 102 valence electrons. The van der Waals surface area contributed by atoms with Gasteiger partial charge in [-0.25, -0.2) is 0 Å². The van der Waals surface area contributed by atoms with Gasteiger partial charge in [0.15, 0.2) is 0 Å². The molecule has 0 radical (unpaired) electrons. The summed E-state index contributed by atoms with van der Waals surface area (Å²) in [4.78, 5) is 15.9. The van der Waals surface area contributed by atoms with E-state index in [9.17, 15) is 4.79 Å². The van der Waals surface area contributed by atoms with Crippen molar-refractivity contribution in [2.45, 2.75) is 31.7 Å². The monoisotopic (exact) mass is 251 g/mol. The summed E-state index contributed by atoms with van der Waals surface area (Å²) >= 11 is 0. The third-order valence-corrected chi connectivity index (χ3v) is 4.33. The molecular formula is C14H25N3O. The molecule has 0 aromatic heterocycles. The summed E-state index contributed by atoms with van der Waals surface area (Å²) in [6.07, 6.45) is 4.81. The lowest BCUT2D eigenvalue weighted by Crippen LogP contribution is -2.52. The number of carbonyl (C=O) groups excluding carboxylic acids is 1. The summed E-state index contributed by atoms with van der Waals surface area (Å²) in [6.45, 7) is 6.58. The van der Waals surface area contributed by atoms with Crippen LogP contribution >= 0.6 is 0 Å². The number of hydrogen-bond acceptors (Lipinski definition) is 3. The minimum atomic E-state index is 0.182. The zero-order chi connectivity index (χ0) is 13.1. The first-order valence-electron chi connectivity index (χ1n) is 6.95. The number of carbonyl (C=O) groups is 1. The molecule has 0 unspecified atom stereocenters. The van der Waals surface area contributed by atoms with Gasteiger partial charge in [0.2, 0.25) is 5.91 Å². The summed E-state index contributed by atoms with van der Waals surface area (Å²) < 4.78 is 0. The number of rotatable bonds is 3. The fourth-order valence-electron chi connectivity index (χ4n) is 3.11. The topological polar surface area (TPSA) is 35.6 Å². The minimum absolute atomic E-state index is 0.182. The van der Waals surface area contributed by atoms with Crippen LogP contribution in [0.2, 0.25) is 0 Å². The number of hydrogen-bond donors (Lipinski definition) is 1. The first-order valence-corrected chi connectivity index (χ1v) is 6.95. The summed E-state index contributed by atoms with van der Waals surface area (Å²) in [5, 5.41) is 2.89. The van der Waals surface area contributed by atoms with Gasteiger partial charge < -0.3 is 10.2 Å². The number of nitrogens with zero attached hydrogens (tertiary/aromatic N) is 2. The smallest absolute Gasteiger partial charge is 0.234 e. The van der Waals surface area contributed by atoms with Crippen LogP contribution in [-0.4, -0.2) is 55.5 Å². The standard InChI is InChI=1S/C14H25N3O/c1-11(16(2)3)12-4-6-13(7-5-12)17-9-8-15-14(18)10-17/h12-13H,1,4-10H2,2-3H3,(H,15,18). The van der Waals surface area contributed by atoms with E-state index in [-0.39, 0.29) is 5.91 Å². The summed E-state index contributed by atoms with van der Waals surface area (Å²) in [7, 11) is 4.15. The van der Waals surface area contributed by atoms with Gasteiger partial charge in [-0.3, -0.25) is 9.69 Å². The first kappa shape index (κ1) is 13.4. The second kappa shape index (κ2) is 5.74. The van der Waals surface area contributed by atoms with Crippen LogP contribution in [0.1, 0.15) is 25.7 Å². The average molecular weight is 251 g/mol. The van der Waals surface area contributed by atoms with Gasteiger partial charge in [-0.15, -0.1) is 0 Å². The van der Waals surface area contributed by atoms with Crippen LogP contribution in [0.4, 0.5) is 0 Å². The zero-order valence-corrected chi connectivity index (χ0v) is 11.6. The highest BCUT2D eigenvalue weighted by Gasteiger charge is 2.29. The van der Waals surface area contributed by atoms with E-state index in [0.717, 1.165) is 13.1 Å². The number of nitrogens with one attached hydrogen (secondary N) is 1. The maximum absolute atomic E-state index is 11.4. The van der Waals surface area contributed by atoms with E-state index in [0.29, 0.717) is 18.5 Å². The van der Waals surface area contributed by atoms with E-state index in [4.69, 9.17) is 0 Å². The summed E-state index contributed by atoms with van der Waals surface area (Å²) in [5.41, 5.74) is 1.25. The molecule has 1 saturated carbocycles. The first-order chi connectivity index (χ1) is 8.58. The molecule has 0 spiro atoms. The molecule has 2 fully saturated rings. The molecule has 1 N–H and O–H groups in total. The fraction of sp³-hybridized carbons (Fsp3) is 0.786. The van der Waals surface area contributed by atoms with E-state index < -0.39 is 0 Å². The largest absolute Gasteiger partial charge is 0.381 e. The normalized spacial score (nSPS) is 29.8. The lowest BCUT2D eigenvalue weighted by Gasteiger charge is -2.39. The van der Waals surface area contributed by atoms with Crippen molar-refractivity contribution in [3.05, 3.63) is 12.3 Å². The third kappa shape index (κ3) is 3.05. The van der Waals surface area contributed by atoms with Gasteiger partial charge in [-0.2, -0.15) is 0 Å². The molecule has 2 rings (SSSR count). The molecule has 1 aliphatic heterocycles. The molecular weight excluding hydrogens is 226 g/mol. The Morgan fingerprint density at radius 1 is 1.33 bits per heavy atom. The van der Waals surface area contributed by atoms with Crippen LogP contribution in [0, 0.1) is 5.92 Å². The van der Waals surface area contributed by atoms with Crippen molar-refractivity contribution in [3.8, 4) is 0 Å². The van der Waals surface area contributed by atoms with Crippen LogP contribution in [0.15, 0.2) is 12.3 Å². The summed E-state index contributed by atoms with van der Waals surface area (Å²) in [5.74, 6) is 0.816. The second-order valence-corrected chi connectivity index (χ2v) is 5.71. The van der Waals surface area contributed by atoms with E-state index >= 15 is 0 Å². The van der Waals surface area contributed by atoms with E-state index in [2.05, 4.69) is 35.8 Å². The highest BCUT2D eigenvalue weighted by atomic mass is 16.2. The molecule has 1 aliphatic carbocycles. The highest BCUT2D eigenvalue weighted by Crippen LogP contribution is 2.32. The predicted molar refractivity (Wildman–Crippen MR) is 73.2 cm³/mol. The van der Waals surface area contributed by atoms with Gasteiger partial charge in [0, 0.05) is 38.9 Å². The molecule has 0 bridgehead atoms. The molecule has 4 nitrogen and oxygen atoms in total. The molecule has 2 aliphatic rings. The Morgan fingerprint density at radius 3 is 2.56 bits per heavy atom. The molecule has 0 aromatic carbocycles. The number of amides is 1. The minimum Gasteiger partial charge on any atom is -0.381 e. The van der Waals surface area contributed by atoms with Crippen molar-refractivity contribution >= 4 is 5.91 Å². The quantitative estimate of drug-likeness (QED) is 0.814. The Kier molecular flexibility index (Phi) is 4.27. The fourth-order valence-corrected chi connectivity index (χ4v) is 3.11.